The molecule has 0 N–H and O–H groups in total. The van der Waals surface area contributed by atoms with Crippen molar-refractivity contribution in [1.82, 2.24) is 4.57 Å². The summed E-state index contributed by atoms with van der Waals surface area (Å²) in [6.07, 6.45) is 0. The summed E-state index contributed by atoms with van der Waals surface area (Å²) in [5.41, 5.74) is 6.36. The first-order valence-corrected chi connectivity index (χ1v) is 9.86. The van der Waals surface area contributed by atoms with Gasteiger partial charge in [0.2, 0.25) is 0 Å². The normalized spacial score (nSPS) is 12.5. The quantitative estimate of drug-likeness (QED) is 0.315. The van der Waals surface area contributed by atoms with Crippen LogP contribution in [0.2, 0.25) is 0 Å². The van der Waals surface area contributed by atoms with Crippen LogP contribution < -0.4 is 4.90 Å². The van der Waals surface area contributed by atoms with Crippen LogP contribution in [-0.4, -0.2) is 11.1 Å². The van der Waals surface area contributed by atoms with E-state index in [1.54, 1.807) is 0 Å². The second-order valence-corrected chi connectivity index (χ2v) is 7.34. The lowest BCUT2D eigenvalue weighted by Gasteiger charge is -2.24. The Balaban J connectivity index is 1.85. The van der Waals surface area contributed by atoms with Gasteiger partial charge in [-0.3, -0.25) is 4.57 Å². The van der Waals surface area contributed by atoms with Crippen molar-refractivity contribution >= 4 is 33.2 Å². The molecule has 6 rings (SSSR count). The molecule has 0 atom stereocenters. The summed E-state index contributed by atoms with van der Waals surface area (Å²) >= 11 is 0. The fourth-order valence-corrected chi connectivity index (χ4v) is 4.69. The van der Waals surface area contributed by atoms with Crippen LogP contribution in [0.1, 0.15) is 6.92 Å². The van der Waals surface area contributed by atoms with Gasteiger partial charge in [-0.1, -0.05) is 72.8 Å². The van der Waals surface area contributed by atoms with Gasteiger partial charge in [0, 0.05) is 28.4 Å². The summed E-state index contributed by atoms with van der Waals surface area (Å²) in [7, 11) is 0. The highest BCUT2D eigenvalue weighted by atomic mass is 15.3. The number of anilines is 2. The van der Waals surface area contributed by atoms with Crippen LogP contribution >= 0.6 is 0 Å². The Bertz CT molecular complexity index is 1360. The second-order valence-electron chi connectivity index (χ2n) is 7.34. The van der Waals surface area contributed by atoms with E-state index < -0.39 is 0 Å². The Labute approximate surface area is 164 Å². The van der Waals surface area contributed by atoms with E-state index >= 15 is 0 Å². The van der Waals surface area contributed by atoms with Gasteiger partial charge in [-0.2, -0.15) is 0 Å². The van der Waals surface area contributed by atoms with Gasteiger partial charge in [0.05, 0.1) is 16.9 Å². The van der Waals surface area contributed by atoms with Crippen LogP contribution in [0.3, 0.4) is 0 Å². The maximum absolute atomic E-state index is 2.45. The van der Waals surface area contributed by atoms with Gasteiger partial charge in [0.15, 0.2) is 0 Å². The molecule has 4 aromatic carbocycles. The molecule has 0 unspecified atom stereocenters. The van der Waals surface area contributed by atoms with E-state index in [9.17, 15) is 0 Å². The number of nitrogens with zero attached hydrogens (tertiary/aromatic N) is 2. The molecule has 1 aliphatic heterocycles. The number of hydrogen-bond acceptors (Lipinski definition) is 1. The van der Waals surface area contributed by atoms with Crippen molar-refractivity contribution in [2.24, 2.45) is 0 Å². The van der Waals surface area contributed by atoms with Crippen molar-refractivity contribution < 1.29 is 0 Å². The van der Waals surface area contributed by atoms with E-state index in [0.29, 0.717) is 0 Å². The lowest BCUT2D eigenvalue weighted by molar-refractivity contribution is 0.969. The van der Waals surface area contributed by atoms with Gasteiger partial charge in [-0.25, -0.2) is 0 Å². The fraction of sp³-hybridized carbons (Fsp3) is 0.0769. The first-order chi connectivity index (χ1) is 13.9. The van der Waals surface area contributed by atoms with E-state index in [-0.39, 0.29) is 0 Å². The lowest BCUT2D eigenvalue weighted by Crippen LogP contribution is -2.18. The highest BCUT2D eigenvalue weighted by molar-refractivity contribution is 6.09. The molecule has 0 amide bonds. The lowest BCUT2D eigenvalue weighted by atomic mass is 10.0. The largest absolute Gasteiger partial charge is 0.327 e. The molecule has 134 valence electrons. The Kier molecular flexibility index (Phi) is 3.18. The molecule has 0 saturated carbocycles. The van der Waals surface area contributed by atoms with Crippen molar-refractivity contribution in [3.8, 4) is 16.8 Å². The van der Waals surface area contributed by atoms with E-state index in [0.717, 1.165) is 6.54 Å². The third-order valence-corrected chi connectivity index (χ3v) is 5.89. The van der Waals surface area contributed by atoms with E-state index in [4.69, 9.17) is 0 Å². The monoisotopic (exact) mass is 360 g/mol. The van der Waals surface area contributed by atoms with Crippen LogP contribution in [0.5, 0.6) is 0 Å². The third kappa shape index (κ3) is 1.97. The summed E-state index contributed by atoms with van der Waals surface area (Å²) in [6.45, 7) is 3.14. The minimum Gasteiger partial charge on any atom is -0.327 e. The zero-order chi connectivity index (χ0) is 18.7. The van der Waals surface area contributed by atoms with Gasteiger partial charge < -0.3 is 4.90 Å². The standard InChI is InChI=1S/C26H20N2/c1-2-27-23-13-7-5-11-21(23)22-12-6-8-14-24(22)28-25(27)17-19-16-15-18-9-3-4-10-20(18)26(19)28/h3-17H,2H2,1H3. The molecule has 0 aliphatic carbocycles. The predicted octanol–water partition coefficient (Wildman–Crippen LogP) is 6.92. The molecular weight excluding hydrogens is 340 g/mol. The van der Waals surface area contributed by atoms with Crippen LogP contribution in [0.15, 0.2) is 91.0 Å². The predicted molar refractivity (Wildman–Crippen MR) is 119 cm³/mol. The fourth-order valence-electron chi connectivity index (χ4n) is 4.69. The summed E-state index contributed by atoms with van der Waals surface area (Å²) in [4.78, 5) is 2.43. The number of hydrogen-bond donors (Lipinski definition) is 0. The first kappa shape index (κ1) is 15.5. The zero-order valence-electron chi connectivity index (χ0n) is 15.8. The third-order valence-electron chi connectivity index (χ3n) is 5.89. The van der Waals surface area contributed by atoms with Gasteiger partial charge in [0.25, 0.3) is 0 Å². The Morgan fingerprint density at radius 2 is 1.29 bits per heavy atom. The van der Waals surface area contributed by atoms with Crippen LogP contribution in [-0.2, 0) is 0 Å². The van der Waals surface area contributed by atoms with Gasteiger partial charge in [-0.15, -0.1) is 0 Å². The molecule has 0 saturated heterocycles. The summed E-state index contributed by atoms with van der Waals surface area (Å²) in [5, 5.41) is 3.85. The number of rotatable bonds is 1. The molecule has 1 aliphatic rings. The summed E-state index contributed by atoms with van der Waals surface area (Å²) in [6, 6.07) is 33.0. The highest BCUT2D eigenvalue weighted by Crippen LogP contribution is 2.46. The molecule has 2 heterocycles. The molecule has 5 aromatic rings. The van der Waals surface area contributed by atoms with Crippen molar-refractivity contribution in [2.45, 2.75) is 6.92 Å². The first-order valence-electron chi connectivity index (χ1n) is 9.86. The maximum atomic E-state index is 2.45. The molecular formula is C26H20N2. The molecule has 0 spiro atoms. The van der Waals surface area contributed by atoms with Crippen LogP contribution in [0.25, 0.3) is 38.5 Å². The summed E-state index contributed by atoms with van der Waals surface area (Å²) < 4.78 is 2.45. The Hall–Kier alpha value is -3.52. The SMILES string of the molecule is CCN1c2ccccc2-c2ccccc2-n2c1cc1ccc3ccccc3c12. The van der Waals surface area contributed by atoms with Crippen molar-refractivity contribution in [3.63, 3.8) is 0 Å². The number of aromatic nitrogens is 1. The van der Waals surface area contributed by atoms with Crippen molar-refractivity contribution in [2.75, 3.05) is 11.4 Å². The Morgan fingerprint density at radius 1 is 0.643 bits per heavy atom. The number of fused-ring (bicyclic) bond motifs is 9. The molecule has 2 nitrogen and oxygen atoms in total. The van der Waals surface area contributed by atoms with E-state index in [2.05, 4.69) is 107 Å². The van der Waals surface area contributed by atoms with Crippen LogP contribution in [0.4, 0.5) is 11.5 Å². The van der Waals surface area contributed by atoms with E-state index in [1.165, 1.54) is 50.0 Å². The second kappa shape index (κ2) is 5.74. The molecule has 28 heavy (non-hydrogen) atoms. The minimum atomic E-state index is 0.916. The molecule has 2 heteroatoms. The van der Waals surface area contributed by atoms with Crippen molar-refractivity contribution in [3.05, 3.63) is 91.0 Å². The van der Waals surface area contributed by atoms with Gasteiger partial charge in [-0.05, 0) is 30.5 Å². The highest BCUT2D eigenvalue weighted by Gasteiger charge is 2.26. The minimum absolute atomic E-state index is 0.916. The maximum Gasteiger partial charge on any atom is 0.118 e. The zero-order valence-corrected chi connectivity index (χ0v) is 15.8. The Morgan fingerprint density at radius 3 is 2.11 bits per heavy atom. The average molecular weight is 360 g/mol. The molecule has 1 aromatic heterocycles. The number of benzene rings is 4. The summed E-state index contributed by atoms with van der Waals surface area (Å²) in [5.74, 6) is 1.23. The van der Waals surface area contributed by atoms with Gasteiger partial charge >= 0.3 is 0 Å². The van der Waals surface area contributed by atoms with Gasteiger partial charge in [0.1, 0.15) is 5.82 Å². The molecule has 0 bridgehead atoms. The van der Waals surface area contributed by atoms with E-state index in [1.807, 2.05) is 0 Å². The molecule has 0 fully saturated rings. The molecule has 0 radical (unpaired) electrons. The topological polar surface area (TPSA) is 8.17 Å². The average Bonchev–Trinajstić information content (AvgIpc) is 3.09. The van der Waals surface area contributed by atoms with Crippen molar-refractivity contribution in [1.29, 1.82) is 0 Å². The smallest absolute Gasteiger partial charge is 0.118 e. The van der Waals surface area contributed by atoms with Crippen LogP contribution in [0, 0.1) is 0 Å². The number of para-hydroxylation sites is 2.